The third-order valence-electron chi connectivity index (χ3n) is 3.22. The van der Waals surface area contributed by atoms with E-state index in [2.05, 4.69) is 5.10 Å². The van der Waals surface area contributed by atoms with Gasteiger partial charge in [-0.25, -0.2) is 4.68 Å². The van der Waals surface area contributed by atoms with Crippen LogP contribution in [0.2, 0.25) is 0 Å². The van der Waals surface area contributed by atoms with Gasteiger partial charge in [0, 0.05) is 13.3 Å². The van der Waals surface area contributed by atoms with Gasteiger partial charge in [0.15, 0.2) is 0 Å². The molecule has 2 atom stereocenters. The predicted molar refractivity (Wildman–Crippen MR) is 74.2 cm³/mol. The van der Waals surface area contributed by atoms with E-state index < -0.39 is 6.10 Å². The number of hydrogen-bond donors (Lipinski definition) is 1. The Hall–Kier alpha value is -1.65. The smallest absolute Gasteiger partial charge is 0.122 e. The summed E-state index contributed by atoms with van der Waals surface area (Å²) in [7, 11) is 1.62. The lowest BCUT2D eigenvalue weighted by Crippen LogP contribution is -2.28. The topological polar surface area (TPSA) is 47.3 Å². The highest BCUT2D eigenvalue weighted by Crippen LogP contribution is 2.25. The number of aromatic nitrogens is 2. The van der Waals surface area contributed by atoms with Crippen molar-refractivity contribution in [3.05, 3.63) is 48.3 Å². The van der Waals surface area contributed by atoms with Crippen LogP contribution in [0.4, 0.5) is 0 Å². The van der Waals surface area contributed by atoms with E-state index in [9.17, 15) is 5.11 Å². The summed E-state index contributed by atoms with van der Waals surface area (Å²) in [6.45, 7) is 4.06. The molecule has 0 saturated heterocycles. The second-order valence-electron chi connectivity index (χ2n) is 4.89. The zero-order chi connectivity index (χ0) is 13.8. The molecule has 0 bridgehead atoms. The first-order valence-corrected chi connectivity index (χ1v) is 6.45. The van der Waals surface area contributed by atoms with Gasteiger partial charge in [-0.05, 0) is 24.1 Å². The molecule has 4 nitrogen and oxygen atoms in total. The first kappa shape index (κ1) is 13.8. The standard InChI is InChI=1S/C15H20N2O2/c1-11(2)15(19-3)14(18)13-9-10-16-17(13)12-7-5-4-6-8-12/h4-11,14-15,18H,1-3H3. The lowest BCUT2D eigenvalue weighted by atomic mass is 9.99. The molecule has 1 N–H and O–H groups in total. The summed E-state index contributed by atoms with van der Waals surface area (Å²) in [5.74, 6) is 0.221. The van der Waals surface area contributed by atoms with Crippen LogP contribution in [0.25, 0.3) is 5.69 Å². The average molecular weight is 260 g/mol. The first-order valence-electron chi connectivity index (χ1n) is 6.45. The van der Waals surface area contributed by atoms with Gasteiger partial charge in [-0.15, -0.1) is 0 Å². The Morgan fingerprint density at radius 3 is 2.42 bits per heavy atom. The minimum Gasteiger partial charge on any atom is -0.384 e. The van der Waals surface area contributed by atoms with Crippen molar-refractivity contribution >= 4 is 0 Å². The number of aliphatic hydroxyl groups excluding tert-OH is 1. The normalized spacial score (nSPS) is 14.6. The molecule has 2 aromatic rings. The number of aliphatic hydroxyl groups is 1. The van der Waals surface area contributed by atoms with Crippen molar-refractivity contribution in [1.82, 2.24) is 9.78 Å². The van der Waals surface area contributed by atoms with Crippen molar-refractivity contribution in [2.75, 3.05) is 7.11 Å². The van der Waals surface area contributed by atoms with Gasteiger partial charge < -0.3 is 9.84 Å². The summed E-state index contributed by atoms with van der Waals surface area (Å²) in [5.41, 5.74) is 1.67. The molecule has 0 amide bonds. The Morgan fingerprint density at radius 2 is 1.84 bits per heavy atom. The molecule has 2 unspecified atom stereocenters. The highest BCUT2D eigenvalue weighted by Gasteiger charge is 2.26. The highest BCUT2D eigenvalue weighted by atomic mass is 16.5. The summed E-state index contributed by atoms with van der Waals surface area (Å²) < 4.78 is 7.15. The minimum atomic E-state index is -0.701. The van der Waals surface area contributed by atoms with E-state index in [0.717, 1.165) is 11.4 Å². The van der Waals surface area contributed by atoms with Crippen molar-refractivity contribution in [3.8, 4) is 5.69 Å². The van der Waals surface area contributed by atoms with E-state index in [1.54, 1.807) is 18.0 Å². The van der Waals surface area contributed by atoms with Gasteiger partial charge in [-0.2, -0.15) is 5.10 Å². The SMILES string of the molecule is COC(C(C)C)C(O)c1ccnn1-c1ccccc1. The molecule has 1 aromatic carbocycles. The molecule has 0 fully saturated rings. The molecule has 0 saturated carbocycles. The molecule has 4 heteroatoms. The van der Waals surface area contributed by atoms with Gasteiger partial charge in [0.2, 0.25) is 0 Å². The van der Waals surface area contributed by atoms with Crippen LogP contribution in [0.1, 0.15) is 25.6 Å². The Kier molecular flexibility index (Phi) is 4.35. The number of methoxy groups -OCH3 is 1. The summed E-state index contributed by atoms with van der Waals surface area (Å²) in [5, 5.41) is 14.8. The van der Waals surface area contributed by atoms with Crippen LogP contribution < -0.4 is 0 Å². The molecule has 0 aliphatic carbocycles. The maximum Gasteiger partial charge on any atom is 0.122 e. The van der Waals surface area contributed by atoms with Gasteiger partial charge in [-0.1, -0.05) is 32.0 Å². The zero-order valence-electron chi connectivity index (χ0n) is 11.5. The summed E-state index contributed by atoms with van der Waals surface area (Å²) in [6.07, 6.45) is 0.741. The molecule has 0 radical (unpaired) electrons. The number of benzene rings is 1. The van der Waals surface area contributed by atoms with Crippen molar-refractivity contribution in [2.45, 2.75) is 26.1 Å². The summed E-state index contributed by atoms with van der Waals surface area (Å²) in [6, 6.07) is 11.6. The molecule has 0 aliphatic rings. The van der Waals surface area contributed by atoms with Crippen LogP contribution in [0.15, 0.2) is 42.6 Å². The average Bonchev–Trinajstić information content (AvgIpc) is 2.89. The van der Waals surface area contributed by atoms with Crippen LogP contribution >= 0.6 is 0 Å². The van der Waals surface area contributed by atoms with Gasteiger partial charge >= 0.3 is 0 Å². The Bertz CT molecular complexity index is 508. The van der Waals surface area contributed by atoms with E-state index in [1.165, 1.54) is 0 Å². The van der Waals surface area contributed by atoms with E-state index in [4.69, 9.17) is 4.74 Å². The maximum absolute atomic E-state index is 10.5. The second kappa shape index (κ2) is 5.99. The number of rotatable bonds is 5. The fourth-order valence-corrected chi connectivity index (χ4v) is 2.26. The Morgan fingerprint density at radius 1 is 1.16 bits per heavy atom. The molecule has 1 aromatic heterocycles. The number of ether oxygens (including phenoxy) is 1. The van der Waals surface area contributed by atoms with E-state index in [-0.39, 0.29) is 12.0 Å². The van der Waals surface area contributed by atoms with Gasteiger partial charge in [0.25, 0.3) is 0 Å². The fraction of sp³-hybridized carbons (Fsp3) is 0.400. The van der Waals surface area contributed by atoms with E-state index >= 15 is 0 Å². The van der Waals surface area contributed by atoms with E-state index in [0.29, 0.717) is 0 Å². The third-order valence-corrected chi connectivity index (χ3v) is 3.22. The lowest BCUT2D eigenvalue weighted by Gasteiger charge is -2.25. The number of para-hydroxylation sites is 1. The van der Waals surface area contributed by atoms with Gasteiger partial charge in [0.05, 0.1) is 17.5 Å². The Labute approximate surface area is 113 Å². The van der Waals surface area contributed by atoms with Crippen LogP contribution in [0.3, 0.4) is 0 Å². The van der Waals surface area contributed by atoms with Gasteiger partial charge in [0.1, 0.15) is 6.10 Å². The monoisotopic (exact) mass is 260 g/mol. The fourth-order valence-electron chi connectivity index (χ4n) is 2.26. The van der Waals surface area contributed by atoms with Crippen LogP contribution in [-0.2, 0) is 4.74 Å². The van der Waals surface area contributed by atoms with Crippen molar-refractivity contribution < 1.29 is 9.84 Å². The molecule has 2 rings (SSSR count). The summed E-state index contributed by atoms with van der Waals surface area (Å²) >= 11 is 0. The quantitative estimate of drug-likeness (QED) is 0.898. The first-order chi connectivity index (χ1) is 9.15. The number of hydrogen-bond acceptors (Lipinski definition) is 3. The molecule has 102 valence electrons. The third kappa shape index (κ3) is 2.85. The maximum atomic E-state index is 10.5. The van der Waals surface area contributed by atoms with Crippen LogP contribution in [0.5, 0.6) is 0 Å². The lowest BCUT2D eigenvalue weighted by molar-refractivity contribution is -0.0418. The molecule has 19 heavy (non-hydrogen) atoms. The van der Waals surface area contributed by atoms with Crippen molar-refractivity contribution in [3.63, 3.8) is 0 Å². The zero-order valence-corrected chi connectivity index (χ0v) is 11.5. The predicted octanol–water partition coefficient (Wildman–Crippen LogP) is 2.58. The molecule has 0 aliphatic heterocycles. The van der Waals surface area contributed by atoms with Crippen LogP contribution in [0, 0.1) is 5.92 Å². The van der Waals surface area contributed by atoms with Crippen molar-refractivity contribution in [2.24, 2.45) is 5.92 Å². The summed E-state index contributed by atoms with van der Waals surface area (Å²) in [4.78, 5) is 0. The van der Waals surface area contributed by atoms with Crippen molar-refractivity contribution in [1.29, 1.82) is 0 Å². The van der Waals surface area contributed by atoms with E-state index in [1.807, 2.05) is 50.2 Å². The molecular weight excluding hydrogens is 240 g/mol. The highest BCUT2D eigenvalue weighted by molar-refractivity contribution is 5.33. The minimum absolute atomic E-state index is 0.221. The number of nitrogens with zero attached hydrogens (tertiary/aromatic N) is 2. The largest absolute Gasteiger partial charge is 0.384 e. The molecule has 1 heterocycles. The van der Waals surface area contributed by atoms with Crippen LogP contribution in [-0.4, -0.2) is 28.1 Å². The Balaban J connectivity index is 2.34. The molecule has 0 spiro atoms. The van der Waals surface area contributed by atoms with Gasteiger partial charge in [-0.3, -0.25) is 0 Å². The second-order valence-corrected chi connectivity index (χ2v) is 4.89. The molecular formula is C15H20N2O2.